The van der Waals surface area contributed by atoms with Crippen molar-refractivity contribution >= 4 is 11.7 Å². The van der Waals surface area contributed by atoms with E-state index in [-0.39, 0.29) is 6.54 Å². The number of aliphatic carboxylic acids is 1. The minimum Gasteiger partial charge on any atom is -0.480 e. The van der Waals surface area contributed by atoms with Gasteiger partial charge in [0.1, 0.15) is 6.54 Å². The van der Waals surface area contributed by atoms with Gasteiger partial charge in [-0.3, -0.25) is 4.79 Å². The van der Waals surface area contributed by atoms with Gasteiger partial charge in [-0.15, -0.1) is 0 Å². The van der Waals surface area contributed by atoms with Crippen LogP contribution in [-0.2, 0) is 4.79 Å². The molecule has 0 aliphatic heterocycles. The van der Waals surface area contributed by atoms with Gasteiger partial charge in [-0.2, -0.15) is 0 Å². The molecule has 0 amide bonds. The number of hydrogen-bond donors (Lipinski definition) is 1. The van der Waals surface area contributed by atoms with Gasteiger partial charge < -0.3 is 10.0 Å². The molecule has 20 heavy (non-hydrogen) atoms. The number of hydrogen-bond acceptors (Lipinski definition) is 2. The number of benzene rings is 1. The van der Waals surface area contributed by atoms with Crippen LogP contribution >= 0.6 is 0 Å². The van der Waals surface area contributed by atoms with Crippen molar-refractivity contribution in [3.8, 4) is 0 Å². The molecule has 0 heterocycles. The number of aryl methyl sites for hydroxylation is 1. The number of rotatable bonds is 4. The van der Waals surface area contributed by atoms with Gasteiger partial charge in [-0.05, 0) is 50.2 Å². The monoisotopic (exact) mass is 275 g/mol. The van der Waals surface area contributed by atoms with E-state index in [0.29, 0.717) is 12.0 Å². The molecule has 1 aromatic carbocycles. The summed E-state index contributed by atoms with van der Waals surface area (Å²) >= 11 is 0. The maximum atomic E-state index is 11.2. The average molecular weight is 275 g/mol. The summed E-state index contributed by atoms with van der Waals surface area (Å²) in [6.07, 6.45) is 3.47. The van der Waals surface area contributed by atoms with E-state index in [1.807, 2.05) is 12.1 Å². The van der Waals surface area contributed by atoms with E-state index in [1.54, 1.807) is 0 Å². The zero-order valence-electron chi connectivity index (χ0n) is 12.7. The molecule has 0 aromatic heterocycles. The highest BCUT2D eigenvalue weighted by Crippen LogP contribution is 2.34. The second-order valence-corrected chi connectivity index (χ2v) is 6.32. The van der Waals surface area contributed by atoms with Gasteiger partial charge in [0.15, 0.2) is 0 Å². The zero-order chi connectivity index (χ0) is 14.7. The summed E-state index contributed by atoms with van der Waals surface area (Å²) in [5, 5.41) is 9.23. The predicted octanol–water partition coefficient (Wildman–Crippen LogP) is 3.71. The fraction of sp³-hybridized carbons (Fsp3) is 0.588. The summed E-state index contributed by atoms with van der Waals surface area (Å²) in [5.41, 5.74) is 2.23. The Balaban J connectivity index is 2.23. The third kappa shape index (κ3) is 3.53. The Bertz CT molecular complexity index is 455. The van der Waals surface area contributed by atoms with Gasteiger partial charge >= 0.3 is 5.97 Å². The van der Waals surface area contributed by atoms with Crippen molar-refractivity contribution < 1.29 is 9.90 Å². The Labute approximate surface area is 121 Å². The number of nitrogens with zero attached hydrogens (tertiary/aromatic N) is 1. The quantitative estimate of drug-likeness (QED) is 0.910. The van der Waals surface area contributed by atoms with Gasteiger partial charge in [0.2, 0.25) is 0 Å². The normalized spacial score (nSPS) is 26.2. The van der Waals surface area contributed by atoms with Crippen molar-refractivity contribution in [2.24, 2.45) is 11.8 Å². The third-order valence-electron chi connectivity index (χ3n) is 4.46. The van der Waals surface area contributed by atoms with Crippen molar-refractivity contribution in [1.29, 1.82) is 0 Å². The van der Waals surface area contributed by atoms with Crippen LogP contribution in [0.3, 0.4) is 0 Å². The highest BCUT2D eigenvalue weighted by atomic mass is 16.4. The first kappa shape index (κ1) is 14.9. The van der Waals surface area contributed by atoms with Crippen LogP contribution in [0.2, 0.25) is 0 Å². The highest BCUT2D eigenvalue weighted by molar-refractivity contribution is 5.74. The molecule has 3 nitrogen and oxygen atoms in total. The molecular weight excluding hydrogens is 250 g/mol. The van der Waals surface area contributed by atoms with Crippen LogP contribution in [0.4, 0.5) is 5.69 Å². The molecule has 1 aliphatic rings. The lowest BCUT2D eigenvalue weighted by Crippen LogP contribution is -2.45. The standard InChI is InChI=1S/C17H25NO2/c1-12-4-7-15(8-5-12)18(11-17(19)20)16-9-6-13(2)10-14(16)3/h4-5,7-8,13-14,16H,6,9-11H2,1-3H3,(H,19,20). The highest BCUT2D eigenvalue weighted by Gasteiger charge is 2.31. The lowest BCUT2D eigenvalue weighted by molar-refractivity contribution is -0.135. The maximum absolute atomic E-state index is 11.2. The Morgan fingerprint density at radius 2 is 1.90 bits per heavy atom. The van der Waals surface area contributed by atoms with E-state index in [1.165, 1.54) is 18.4 Å². The summed E-state index contributed by atoms with van der Waals surface area (Å²) in [4.78, 5) is 13.3. The minimum atomic E-state index is -0.753. The summed E-state index contributed by atoms with van der Waals surface area (Å²) in [6, 6.07) is 8.54. The van der Waals surface area contributed by atoms with Gasteiger partial charge in [0.25, 0.3) is 0 Å². The second kappa shape index (κ2) is 6.29. The summed E-state index contributed by atoms with van der Waals surface area (Å²) in [7, 11) is 0. The molecule has 3 unspecified atom stereocenters. The van der Waals surface area contributed by atoms with E-state index in [9.17, 15) is 9.90 Å². The molecule has 3 heteroatoms. The molecule has 1 aliphatic carbocycles. The Hall–Kier alpha value is -1.51. The Kier molecular flexibility index (Phi) is 4.69. The molecule has 0 bridgehead atoms. The van der Waals surface area contributed by atoms with Crippen LogP contribution in [0.25, 0.3) is 0 Å². The van der Waals surface area contributed by atoms with Crippen molar-refractivity contribution in [1.82, 2.24) is 0 Å². The molecule has 3 atom stereocenters. The number of carbonyl (C=O) groups is 1. The molecule has 0 radical (unpaired) electrons. The minimum absolute atomic E-state index is 0.0897. The molecule has 1 fully saturated rings. The Morgan fingerprint density at radius 3 is 2.45 bits per heavy atom. The van der Waals surface area contributed by atoms with Crippen molar-refractivity contribution in [2.75, 3.05) is 11.4 Å². The van der Waals surface area contributed by atoms with Gasteiger partial charge in [-0.25, -0.2) is 0 Å². The van der Waals surface area contributed by atoms with E-state index >= 15 is 0 Å². The van der Waals surface area contributed by atoms with E-state index in [2.05, 4.69) is 37.8 Å². The van der Waals surface area contributed by atoms with Crippen molar-refractivity contribution in [3.63, 3.8) is 0 Å². The largest absolute Gasteiger partial charge is 0.480 e. The first-order valence-electron chi connectivity index (χ1n) is 7.52. The molecule has 2 rings (SSSR count). The summed E-state index contributed by atoms with van der Waals surface area (Å²) in [6.45, 7) is 6.69. The average Bonchev–Trinajstić information content (AvgIpc) is 2.37. The number of carboxylic acids is 1. The molecule has 1 saturated carbocycles. The van der Waals surface area contributed by atoms with Crippen LogP contribution in [-0.4, -0.2) is 23.7 Å². The smallest absolute Gasteiger partial charge is 0.323 e. The van der Waals surface area contributed by atoms with Gasteiger partial charge in [-0.1, -0.05) is 31.5 Å². The van der Waals surface area contributed by atoms with Gasteiger partial charge in [0.05, 0.1) is 0 Å². The van der Waals surface area contributed by atoms with Crippen LogP contribution in [0.15, 0.2) is 24.3 Å². The lowest BCUT2D eigenvalue weighted by atomic mass is 9.79. The molecule has 0 saturated heterocycles. The first-order valence-corrected chi connectivity index (χ1v) is 7.52. The summed E-state index contributed by atoms with van der Waals surface area (Å²) in [5.74, 6) is 0.543. The fourth-order valence-corrected chi connectivity index (χ4v) is 3.39. The maximum Gasteiger partial charge on any atom is 0.323 e. The Morgan fingerprint density at radius 1 is 1.25 bits per heavy atom. The predicted molar refractivity (Wildman–Crippen MR) is 82.1 cm³/mol. The van der Waals surface area contributed by atoms with Crippen molar-refractivity contribution in [3.05, 3.63) is 29.8 Å². The molecule has 0 spiro atoms. The zero-order valence-corrected chi connectivity index (χ0v) is 12.7. The lowest BCUT2D eigenvalue weighted by Gasteiger charge is -2.41. The number of anilines is 1. The van der Waals surface area contributed by atoms with E-state index in [0.717, 1.165) is 18.0 Å². The summed E-state index contributed by atoms with van der Waals surface area (Å²) < 4.78 is 0. The molecule has 1 aromatic rings. The van der Waals surface area contributed by atoms with E-state index < -0.39 is 5.97 Å². The van der Waals surface area contributed by atoms with E-state index in [4.69, 9.17) is 0 Å². The molecular formula is C17H25NO2. The third-order valence-corrected chi connectivity index (χ3v) is 4.46. The van der Waals surface area contributed by atoms with Crippen LogP contribution in [0.1, 0.15) is 38.7 Å². The number of carboxylic acid groups (broad SMARTS) is 1. The molecule has 110 valence electrons. The SMILES string of the molecule is Cc1ccc(N(CC(=O)O)C2CCC(C)CC2C)cc1. The van der Waals surface area contributed by atoms with Crippen LogP contribution in [0, 0.1) is 18.8 Å². The fourth-order valence-electron chi connectivity index (χ4n) is 3.39. The second-order valence-electron chi connectivity index (χ2n) is 6.32. The topological polar surface area (TPSA) is 40.5 Å². The van der Waals surface area contributed by atoms with Gasteiger partial charge in [0, 0.05) is 11.7 Å². The van der Waals surface area contributed by atoms with Crippen LogP contribution < -0.4 is 4.90 Å². The van der Waals surface area contributed by atoms with Crippen molar-refractivity contribution in [2.45, 2.75) is 46.1 Å². The van der Waals surface area contributed by atoms with Crippen LogP contribution in [0.5, 0.6) is 0 Å². The first-order chi connectivity index (χ1) is 9.47. The molecule has 1 N–H and O–H groups in total.